The van der Waals surface area contributed by atoms with E-state index in [1.807, 2.05) is 36.4 Å². The molecule has 0 bridgehead atoms. The largest absolute Gasteiger partial charge is 0.493 e. The third-order valence-corrected chi connectivity index (χ3v) is 4.13. The first-order valence-corrected chi connectivity index (χ1v) is 8.78. The average Bonchev–Trinajstić information content (AvgIpc) is 2.68. The molecule has 3 aromatic rings. The van der Waals surface area contributed by atoms with E-state index in [2.05, 4.69) is 39.7 Å². The van der Waals surface area contributed by atoms with Crippen molar-refractivity contribution in [1.29, 1.82) is 0 Å². The minimum absolute atomic E-state index is 0.733. The molecule has 27 heavy (non-hydrogen) atoms. The van der Waals surface area contributed by atoms with Gasteiger partial charge in [0.2, 0.25) is 0 Å². The van der Waals surface area contributed by atoms with Gasteiger partial charge in [-0.25, -0.2) is 9.97 Å². The third-order valence-electron chi connectivity index (χ3n) is 4.13. The number of rotatable bonds is 8. The van der Waals surface area contributed by atoms with Gasteiger partial charge in [0.15, 0.2) is 11.5 Å². The molecule has 140 valence electrons. The van der Waals surface area contributed by atoms with E-state index in [1.165, 1.54) is 5.56 Å². The molecule has 0 aliphatic rings. The zero-order valence-corrected chi connectivity index (χ0v) is 15.8. The first-order valence-electron chi connectivity index (χ1n) is 8.78. The number of hydrogen-bond acceptors (Lipinski definition) is 6. The Balaban J connectivity index is 1.58. The average molecular weight is 364 g/mol. The first-order chi connectivity index (χ1) is 13.2. The Labute approximate surface area is 159 Å². The predicted octanol–water partition coefficient (Wildman–Crippen LogP) is 4.20. The second-order valence-corrected chi connectivity index (χ2v) is 6.15. The molecule has 0 saturated heterocycles. The van der Waals surface area contributed by atoms with Crippen molar-refractivity contribution in [3.63, 3.8) is 0 Å². The van der Waals surface area contributed by atoms with Crippen molar-refractivity contribution in [2.24, 2.45) is 0 Å². The van der Waals surface area contributed by atoms with Gasteiger partial charge in [0.05, 0.1) is 14.2 Å². The van der Waals surface area contributed by atoms with Crippen LogP contribution in [-0.4, -0.2) is 30.7 Å². The highest BCUT2D eigenvalue weighted by molar-refractivity contribution is 5.59. The number of benzene rings is 2. The van der Waals surface area contributed by atoms with Crippen LogP contribution in [0.15, 0.2) is 54.9 Å². The first kappa shape index (κ1) is 18.5. The monoisotopic (exact) mass is 364 g/mol. The van der Waals surface area contributed by atoms with Crippen LogP contribution in [0.1, 0.15) is 11.1 Å². The van der Waals surface area contributed by atoms with Crippen molar-refractivity contribution in [1.82, 2.24) is 9.97 Å². The van der Waals surface area contributed by atoms with Gasteiger partial charge in [-0.05, 0) is 48.7 Å². The molecule has 0 amide bonds. The molecule has 0 unspecified atom stereocenters. The van der Waals surface area contributed by atoms with Crippen molar-refractivity contribution >= 4 is 17.3 Å². The summed E-state index contributed by atoms with van der Waals surface area (Å²) in [6.45, 7) is 2.81. The Hall–Kier alpha value is -3.28. The van der Waals surface area contributed by atoms with Crippen LogP contribution in [-0.2, 0) is 6.42 Å². The van der Waals surface area contributed by atoms with Gasteiger partial charge in [-0.1, -0.05) is 18.2 Å². The molecule has 0 aliphatic carbocycles. The summed E-state index contributed by atoms with van der Waals surface area (Å²) in [5.41, 5.74) is 3.36. The van der Waals surface area contributed by atoms with E-state index < -0.39 is 0 Å². The normalized spacial score (nSPS) is 10.3. The highest BCUT2D eigenvalue weighted by Gasteiger charge is 2.05. The summed E-state index contributed by atoms with van der Waals surface area (Å²) in [5, 5.41) is 6.63. The summed E-state index contributed by atoms with van der Waals surface area (Å²) in [7, 11) is 3.28. The van der Waals surface area contributed by atoms with E-state index in [1.54, 1.807) is 20.5 Å². The van der Waals surface area contributed by atoms with Gasteiger partial charge in [0.25, 0.3) is 0 Å². The summed E-state index contributed by atoms with van der Waals surface area (Å²) in [6.07, 6.45) is 2.39. The number of aromatic nitrogens is 2. The fourth-order valence-corrected chi connectivity index (χ4v) is 2.76. The molecular formula is C21H24N4O2. The van der Waals surface area contributed by atoms with Crippen LogP contribution in [0.4, 0.5) is 17.3 Å². The standard InChI is InChI=1S/C21H24N4O2/c1-15-5-4-6-17(11-15)25-21-13-20(23-14-24-21)22-10-9-16-7-8-18(26-2)19(12-16)27-3/h4-8,11-14H,9-10H2,1-3H3,(H2,22,23,24,25). The van der Waals surface area contributed by atoms with Gasteiger partial charge < -0.3 is 20.1 Å². The van der Waals surface area contributed by atoms with Gasteiger partial charge in [0.1, 0.15) is 18.0 Å². The third kappa shape index (κ3) is 5.10. The van der Waals surface area contributed by atoms with Gasteiger partial charge in [-0.15, -0.1) is 0 Å². The van der Waals surface area contributed by atoms with E-state index in [0.717, 1.165) is 47.4 Å². The van der Waals surface area contributed by atoms with Crippen LogP contribution < -0.4 is 20.1 Å². The Kier molecular flexibility index (Phi) is 6.10. The van der Waals surface area contributed by atoms with Crippen molar-refractivity contribution in [3.8, 4) is 11.5 Å². The Morgan fingerprint density at radius 1 is 0.889 bits per heavy atom. The van der Waals surface area contributed by atoms with Crippen molar-refractivity contribution in [2.45, 2.75) is 13.3 Å². The number of methoxy groups -OCH3 is 2. The predicted molar refractivity (Wildman–Crippen MR) is 108 cm³/mol. The van der Waals surface area contributed by atoms with Crippen LogP contribution in [0.3, 0.4) is 0 Å². The zero-order chi connectivity index (χ0) is 19.1. The molecule has 2 N–H and O–H groups in total. The molecule has 0 saturated carbocycles. The quantitative estimate of drug-likeness (QED) is 0.624. The van der Waals surface area contributed by atoms with E-state index in [-0.39, 0.29) is 0 Å². The lowest BCUT2D eigenvalue weighted by molar-refractivity contribution is 0.354. The molecule has 1 heterocycles. The number of aryl methyl sites for hydroxylation is 1. The molecule has 3 rings (SSSR count). The van der Waals surface area contributed by atoms with E-state index in [4.69, 9.17) is 9.47 Å². The summed E-state index contributed by atoms with van der Waals surface area (Å²) >= 11 is 0. The number of nitrogens with zero attached hydrogens (tertiary/aromatic N) is 2. The molecule has 0 spiro atoms. The molecule has 2 aromatic carbocycles. The molecule has 0 atom stereocenters. The topological polar surface area (TPSA) is 68.3 Å². The highest BCUT2D eigenvalue weighted by atomic mass is 16.5. The Bertz CT molecular complexity index is 899. The summed E-state index contributed by atoms with van der Waals surface area (Å²) < 4.78 is 10.6. The minimum atomic E-state index is 0.733. The summed E-state index contributed by atoms with van der Waals surface area (Å²) in [6, 6.07) is 16.0. The highest BCUT2D eigenvalue weighted by Crippen LogP contribution is 2.27. The van der Waals surface area contributed by atoms with Gasteiger partial charge in [0, 0.05) is 18.3 Å². The van der Waals surface area contributed by atoms with E-state index in [0.29, 0.717) is 0 Å². The van der Waals surface area contributed by atoms with Crippen molar-refractivity contribution < 1.29 is 9.47 Å². The maximum Gasteiger partial charge on any atom is 0.160 e. The van der Waals surface area contributed by atoms with Crippen molar-refractivity contribution in [3.05, 3.63) is 66.0 Å². The number of anilines is 3. The SMILES string of the molecule is COc1ccc(CCNc2cc(Nc3cccc(C)c3)ncn2)cc1OC. The molecule has 6 nitrogen and oxygen atoms in total. The molecule has 0 aliphatic heterocycles. The van der Waals surface area contributed by atoms with Crippen molar-refractivity contribution in [2.75, 3.05) is 31.4 Å². The molecule has 0 fully saturated rings. The Morgan fingerprint density at radius 3 is 2.48 bits per heavy atom. The zero-order valence-electron chi connectivity index (χ0n) is 15.8. The van der Waals surface area contributed by atoms with Crippen LogP contribution in [0.5, 0.6) is 11.5 Å². The van der Waals surface area contributed by atoms with Crippen LogP contribution >= 0.6 is 0 Å². The van der Waals surface area contributed by atoms with E-state index in [9.17, 15) is 0 Å². The Morgan fingerprint density at radius 2 is 1.70 bits per heavy atom. The van der Waals surface area contributed by atoms with E-state index >= 15 is 0 Å². The van der Waals surface area contributed by atoms with Crippen LogP contribution in [0.2, 0.25) is 0 Å². The molecule has 1 aromatic heterocycles. The lowest BCUT2D eigenvalue weighted by atomic mass is 10.1. The van der Waals surface area contributed by atoms with Gasteiger partial charge in [-0.2, -0.15) is 0 Å². The molecule has 6 heteroatoms. The summed E-state index contributed by atoms with van der Waals surface area (Å²) in [5.74, 6) is 3.00. The molecular weight excluding hydrogens is 340 g/mol. The second kappa shape index (κ2) is 8.89. The number of hydrogen-bond donors (Lipinski definition) is 2. The van der Waals surface area contributed by atoms with Gasteiger partial charge in [-0.3, -0.25) is 0 Å². The lowest BCUT2D eigenvalue weighted by Gasteiger charge is -2.11. The molecule has 0 radical (unpaired) electrons. The fourth-order valence-electron chi connectivity index (χ4n) is 2.76. The second-order valence-electron chi connectivity index (χ2n) is 6.15. The fraction of sp³-hybridized carbons (Fsp3) is 0.238. The summed E-state index contributed by atoms with van der Waals surface area (Å²) in [4.78, 5) is 8.56. The van der Waals surface area contributed by atoms with Crippen LogP contribution in [0.25, 0.3) is 0 Å². The smallest absolute Gasteiger partial charge is 0.160 e. The maximum atomic E-state index is 5.35. The minimum Gasteiger partial charge on any atom is -0.493 e. The maximum absolute atomic E-state index is 5.35. The number of ether oxygens (including phenoxy) is 2. The van der Waals surface area contributed by atoms with Gasteiger partial charge >= 0.3 is 0 Å². The lowest BCUT2D eigenvalue weighted by Crippen LogP contribution is -2.07. The van der Waals surface area contributed by atoms with Crippen LogP contribution in [0, 0.1) is 6.92 Å². The number of nitrogens with one attached hydrogen (secondary N) is 2.